The third-order valence-corrected chi connectivity index (χ3v) is 3.02. The lowest BCUT2D eigenvalue weighted by molar-refractivity contribution is 0.558. The summed E-state index contributed by atoms with van der Waals surface area (Å²) in [7, 11) is 0. The normalized spacial score (nSPS) is 12.6. The zero-order valence-corrected chi connectivity index (χ0v) is 11.2. The van der Waals surface area contributed by atoms with Gasteiger partial charge in [-0.25, -0.2) is 4.98 Å². The fraction of sp³-hybridized carbons (Fsp3) is 0.429. The Kier molecular flexibility index (Phi) is 4.10. The Bertz CT molecular complexity index is 487. The van der Waals surface area contributed by atoms with E-state index in [1.54, 1.807) is 6.20 Å². The van der Waals surface area contributed by atoms with Gasteiger partial charge in [0.05, 0.1) is 17.6 Å². The molecule has 0 saturated heterocycles. The largest absolute Gasteiger partial charge is 0.309 e. The molecule has 0 radical (unpaired) electrons. The second kappa shape index (κ2) is 5.78. The minimum atomic E-state index is 0.294. The van der Waals surface area contributed by atoms with Crippen LogP contribution in [0.3, 0.4) is 0 Å². The summed E-state index contributed by atoms with van der Waals surface area (Å²) in [6, 6.07) is 4.45. The minimum absolute atomic E-state index is 0.294. The van der Waals surface area contributed by atoms with Crippen molar-refractivity contribution < 1.29 is 0 Å². The summed E-state index contributed by atoms with van der Waals surface area (Å²) in [6.45, 7) is 7.31. The molecule has 1 unspecified atom stereocenters. The van der Waals surface area contributed by atoms with Crippen molar-refractivity contribution >= 4 is 0 Å². The smallest absolute Gasteiger partial charge is 0.110 e. The van der Waals surface area contributed by atoms with Gasteiger partial charge in [-0.3, -0.25) is 4.98 Å². The number of rotatable bonds is 5. The van der Waals surface area contributed by atoms with E-state index < -0.39 is 0 Å². The third-order valence-electron chi connectivity index (χ3n) is 3.02. The predicted molar refractivity (Wildman–Crippen MR) is 72.8 cm³/mol. The molecule has 0 amide bonds. The molecule has 2 rings (SSSR count). The van der Waals surface area contributed by atoms with Crippen molar-refractivity contribution in [1.82, 2.24) is 19.9 Å². The molecule has 0 aliphatic heterocycles. The van der Waals surface area contributed by atoms with Crippen LogP contribution < -0.4 is 5.32 Å². The van der Waals surface area contributed by atoms with Crippen LogP contribution in [0.4, 0.5) is 0 Å². The summed E-state index contributed by atoms with van der Waals surface area (Å²) in [5, 5.41) is 3.43. The van der Waals surface area contributed by atoms with Gasteiger partial charge in [0, 0.05) is 18.4 Å². The molecule has 2 aromatic rings. The number of aromatic nitrogens is 3. The lowest BCUT2D eigenvalue weighted by atomic mass is 10.2. The van der Waals surface area contributed by atoms with Gasteiger partial charge in [-0.2, -0.15) is 0 Å². The highest BCUT2D eigenvalue weighted by Gasteiger charge is 2.06. The molecule has 2 aromatic heterocycles. The van der Waals surface area contributed by atoms with E-state index in [0.717, 1.165) is 30.2 Å². The number of hydrogen-bond acceptors (Lipinski definition) is 3. The topological polar surface area (TPSA) is 42.7 Å². The van der Waals surface area contributed by atoms with Gasteiger partial charge >= 0.3 is 0 Å². The molecule has 0 fully saturated rings. The molecule has 0 aliphatic carbocycles. The Morgan fingerprint density at radius 1 is 1.33 bits per heavy atom. The van der Waals surface area contributed by atoms with E-state index in [1.807, 2.05) is 23.9 Å². The molecule has 0 saturated carbocycles. The van der Waals surface area contributed by atoms with E-state index >= 15 is 0 Å². The van der Waals surface area contributed by atoms with E-state index in [9.17, 15) is 0 Å². The average molecular weight is 244 g/mol. The molecular formula is C14H20N4. The van der Waals surface area contributed by atoms with Crippen LogP contribution in [0.2, 0.25) is 0 Å². The van der Waals surface area contributed by atoms with Gasteiger partial charge in [0.15, 0.2) is 0 Å². The molecule has 96 valence electrons. The zero-order chi connectivity index (χ0) is 13.0. The Labute approximate surface area is 108 Å². The Morgan fingerprint density at radius 3 is 2.72 bits per heavy atom. The van der Waals surface area contributed by atoms with E-state index in [2.05, 4.69) is 41.3 Å². The number of pyridine rings is 1. The van der Waals surface area contributed by atoms with Crippen molar-refractivity contribution in [2.24, 2.45) is 0 Å². The van der Waals surface area contributed by atoms with Crippen LogP contribution in [-0.2, 0) is 0 Å². The predicted octanol–water partition coefficient (Wildman–Crippen LogP) is 2.64. The van der Waals surface area contributed by atoms with Crippen LogP contribution in [0, 0.1) is 6.92 Å². The standard InChI is InChI=1S/C14H20N4/c1-4-7-15-11(2)14-6-5-13(10-17-14)18-9-8-16-12(18)3/h5-6,8-11,15H,4,7H2,1-3H3. The summed E-state index contributed by atoms with van der Waals surface area (Å²) in [5.41, 5.74) is 2.13. The Hall–Kier alpha value is -1.68. The van der Waals surface area contributed by atoms with Gasteiger partial charge in [-0.15, -0.1) is 0 Å². The minimum Gasteiger partial charge on any atom is -0.309 e. The quantitative estimate of drug-likeness (QED) is 0.879. The van der Waals surface area contributed by atoms with Gasteiger partial charge < -0.3 is 9.88 Å². The lowest BCUT2D eigenvalue weighted by Gasteiger charge is -2.13. The highest BCUT2D eigenvalue weighted by atomic mass is 15.1. The maximum atomic E-state index is 4.52. The zero-order valence-electron chi connectivity index (χ0n) is 11.2. The van der Waals surface area contributed by atoms with Gasteiger partial charge in [-0.05, 0) is 38.9 Å². The van der Waals surface area contributed by atoms with Gasteiger partial charge in [0.25, 0.3) is 0 Å². The van der Waals surface area contributed by atoms with Crippen molar-refractivity contribution in [1.29, 1.82) is 0 Å². The number of imidazole rings is 1. The van der Waals surface area contributed by atoms with Crippen molar-refractivity contribution in [2.75, 3.05) is 6.54 Å². The van der Waals surface area contributed by atoms with Crippen molar-refractivity contribution in [3.63, 3.8) is 0 Å². The number of hydrogen-bond donors (Lipinski definition) is 1. The second-order valence-electron chi connectivity index (χ2n) is 4.46. The summed E-state index contributed by atoms with van der Waals surface area (Å²) >= 11 is 0. The molecule has 0 bridgehead atoms. The second-order valence-corrected chi connectivity index (χ2v) is 4.46. The molecule has 2 heterocycles. The highest BCUT2D eigenvalue weighted by Crippen LogP contribution is 2.13. The van der Waals surface area contributed by atoms with Crippen LogP contribution in [0.25, 0.3) is 5.69 Å². The first-order chi connectivity index (χ1) is 8.72. The van der Waals surface area contributed by atoms with Crippen molar-refractivity contribution in [3.8, 4) is 5.69 Å². The van der Waals surface area contributed by atoms with E-state index in [4.69, 9.17) is 0 Å². The molecule has 18 heavy (non-hydrogen) atoms. The van der Waals surface area contributed by atoms with Crippen molar-refractivity contribution in [3.05, 3.63) is 42.2 Å². The first kappa shape index (κ1) is 12.8. The fourth-order valence-electron chi connectivity index (χ4n) is 1.91. The van der Waals surface area contributed by atoms with Crippen LogP contribution in [0.5, 0.6) is 0 Å². The summed E-state index contributed by atoms with van der Waals surface area (Å²) < 4.78 is 2.03. The average Bonchev–Trinajstić information content (AvgIpc) is 2.82. The third kappa shape index (κ3) is 2.76. The fourth-order valence-corrected chi connectivity index (χ4v) is 1.91. The van der Waals surface area contributed by atoms with Crippen LogP contribution in [0.15, 0.2) is 30.7 Å². The van der Waals surface area contributed by atoms with Crippen LogP contribution in [-0.4, -0.2) is 21.1 Å². The molecule has 4 heteroatoms. The van der Waals surface area contributed by atoms with Gasteiger partial charge in [-0.1, -0.05) is 6.92 Å². The summed E-state index contributed by atoms with van der Waals surface area (Å²) in [6.07, 6.45) is 6.78. The molecule has 1 atom stereocenters. The Balaban J connectivity index is 2.13. The molecule has 0 spiro atoms. The molecule has 4 nitrogen and oxygen atoms in total. The summed E-state index contributed by atoms with van der Waals surface area (Å²) in [5.74, 6) is 0.974. The summed E-state index contributed by atoms with van der Waals surface area (Å²) in [4.78, 5) is 8.73. The van der Waals surface area contributed by atoms with E-state index in [0.29, 0.717) is 6.04 Å². The number of nitrogens with one attached hydrogen (secondary N) is 1. The SMILES string of the molecule is CCCNC(C)c1ccc(-n2ccnc2C)cn1. The van der Waals surface area contributed by atoms with Crippen molar-refractivity contribution in [2.45, 2.75) is 33.2 Å². The van der Waals surface area contributed by atoms with Gasteiger partial charge in [0.2, 0.25) is 0 Å². The molecular weight excluding hydrogens is 224 g/mol. The molecule has 0 aromatic carbocycles. The van der Waals surface area contributed by atoms with E-state index in [-0.39, 0.29) is 0 Å². The van der Waals surface area contributed by atoms with E-state index in [1.165, 1.54) is 0 Å². The molecule has 1 N–H and O–H groups in total. The first-order valence-corrected chi connectivity index (χ1v) is 6.42. The number of aryl methyl sites for hydroxylation is 1. The highest BCUT2D eigenvalue weighted by molar-refractivity contribution is 5.31. The lowest BCUT2D eigenvalue weighted by Crippen LogP contribution is -2.20. The van der Waals surface area contributed by atoms with Crippen LogP contribution in [0.1, 0.15) is 37.8 Å². The van der Waals surface area contributed by atoms with Gasteiger partial charge in [0.1, 0.15) is 5.82 Å². The number of nitrogens with zero attached hydrogens (tertiary/aromatic N) is 3. The molecule has 0 aliphatic rings. The maximum Gasteiger partial charge on any atom is 0.110 e. The first-order valence-electron chi connectivity index (χ1n) is 6.42. The Morgan fingerprint density at radius 2 is 2.17 bits per heavy atom. The maximum absolute atomic E-state index is 4.52. The van der Waals surface area contributed by atoms with Crippen LogP contribution >= 0.6 is 0 Å². The monoisotopic (exact) mass is 244 g/mol.